The number of carbonyl (C=O) groups excluding carboxylic acids is 4. The van der Waals surface area contributed by atoms with Crippen molar-refractivity contribution in [3.63, 3.8) is 0 Å². The molecular weight excluding hydrogens is 420 g/mol. The average molecular weight is 442 g/mol. The van der Waals surface area contributed by atoms with Gasteiger partial charge >= 0.3 is 5.97 Å². The van der Waals surface area contributed by atoms with Crippen LogP contribution in [0.15, 0.2) is 24.3 Å². The summed E-state index contributed by atoms with van der Waals surface area (Å²) >= 11 is 1.02. The third-order valence-corrected chi connectivity index (χ3v) is 6.35. The van der Waals surface area contributed by atoms with Crippen molar-refractivity contribution in [2.75, 3.05) is 29.9 Å². The molecule has 9 nitrogen and oxygen atoms in total. The first-order chi connectivity index (χ1) is 14.9. The van der Waals surface area contributed by atoms with Gasteiger partial charge in [0.15, 0.2) is 5.13 Å². The van der Waals surface area contributed by atoms with E-state index in [4.69, 9.17) is 4.74 Å². The van der Waals surface area contributed by atoms with E-state index in [1.54, 1.807) is 43.0 Å². The van der Waals surface area contributed by atoms with Crippen LogP contribution in [0.25, 0.3) is 0 Å². The van der Waals surface area contributed by atoms with E-state index in [1.165, 1.54) is 4.90 Å². The fraction of sp³-hybridized carbons (Fsp3) is 0.381. The molecule has 0 radical (unpaired) electrons. The SMILES string of the molecule is CCOC(=O)c1sc(NC(=O)CN2C(=O)[C@@H]3CCCN3C(=O)c3ccccc32)nc1C. The van der Waals surface area contributed by atoms with Crippen molar-refractivity contribution in [3.8, 4) is 0 Å². The molecule has 4 rings (SSSR count). The summed E-state index contributed by atoms with van der Waals surface area (Å²) in [6.45, 7) is 3.88. The number of benzene rings is 1. The number of hydrogen-bond donors (Lipinski definition) is 1. The average Bonchev–Trinajstić information content (AvgIpc) is 3.36. The number of nitrogens with zero attached hydrogens (tertiary/aromatic N) is 3. The molecule has 1 N–H and O–H groups in total. The summed E-state index contributed by atoms with van der Waals surface area (Å²) in [4.78, 5) is 58.4. The zero-order valence-electron chi connectivity index (χ0n) is 17.2. The van der Waals surface area contributed by atoms with Gasteiger partial charge in [0.25, 0.3) is 5.91 Å². The van der Waals surface area contributed by atoms with E-state index in [0.717, 1.165) is 17.8 Å². The van der Waals surface area contributed by atoms with Gasteiger partial charge in [0.1, 0.15) is 17.5 Å². The molecule has 3 amide bonds. The Hall–Kier alpha value is -3.27. The highest BCUT2D eigenvalue weighted by Gasteiger charge is 2.42. The van der Waals surface area contributed by atoms with E-state index < -0.39 is 17.9 Å². The second-order valence-electron chi connectivity index (χ2n) is 7.30. The molecule has 2 aromatic rings. The van der Waals surface area contributed by atoms with E-state index in [9.17, 15) is 19.2 Å². The highest BCUT2D eigenvalue weighted by Crippen LogP contribution is 2.32. The van der Waals surface area contributed by atoms with Crippen LogP contribution in [0, 0.1) is 6.92 Å². The summed E-state index contributed by atoms with van der Waals surface area (Å²) in [5.41, 5.74) is 1.29. The van der Waals surface area contributed by atoms with Crippen molar-refractivity contribution in [2.45, 2.75) is 32.7 Å². The highest BCUT2D eigenvalue weighted by molar-refractivity contribution is 7.17. The maximum Gasteiger partial charge on any atom is 0.350 e. The molecule has 162 valence electrons. The molecular formula is C21H22N4O5S. The lowest BCUT2D eigenvalue weighted by Gasteiger charge is -2.25. The van der Waals surface area contributed by atoms with E-state index >= 15 is 0 Å². The number of rotatable bonds is 5. The number of ether oxygens (including phenoxy) is 1. The van der Waals surface area contributed by atoms with Crippen molar-refractivity contribution in [1.29, 1.82) is 0 Å². The lowest BCUT2D eigenvalue weighted by molar-refractivity contribution is -0.124. The molecule has 1 aromatic carbocycles. The molecule has 2 aliphatic heterocycles. The van der Waals surface area contributed by atoms with Crippen molar-refractivity contribution in [3.05, 3.63) is 40.4 Å². The topological polar surface area (TPSA) is 109 Å². The van der Waals surface area contributed by atoms with Crippen LogP contribution in [-0.4, -0.2) is 59.3 Å². The van der Waals surface area contributed by atoms with Crippen molar-refractivity contribution < 1.29 is 23.9 Å². The first-order valence-electron chi connectivity index (χ1n) is 10.1. The summed E-state index contributed by atoms with van der Waals surface area (Å²) in [5, 5.41) is 2.91. The fourth-order valence-electron chi connectivity index (χ4n) is 3.91. The quantitative estimate of drug-likeness (QED) is 0.712. The van der Waals surface area contributed by atoms with E-state index in [-0.39, 0.29) is 30.1 Å². The van der Waals surface area contributed by atoms with Crippen LogP contribution >= 0.6 is 11.3 Å². The van der Waals surface area contributed by atoms with E-state index in [1.807, 2.05) is 0 Å². The monoisotopic (exact) mass is 442 g/mol. The molecule has 10 heteroatoms. The van der Waals surface area contributed by atoms with Crippen LogP contribution in [0.1, 0.15) is 45.5 Å². The Morgan fingerprint density at radius 2 is 2.06 bits per heavy atom. The fourth-order valence-corrected chi connectivity index (χ4v) is 4.79. The zero-order valence-corrected chi connectivity index (χ0v) is 18.0. The van der Waals surface area contributed by atoms with Crippen molar-refractivity contribution >= 4 is 45.8 Å². The van der Waals surface area contributed by atoms with Crippen LogP contribution in [0.3, 0.4) is 0 Å². The molecule has 1 aromatic heterocycles. The lowest BCUT2D eigenvalue weighted by atomic mass is 10.1. The number of hydrogen-bond acceptors (Lipinski definition) is 7. The van der Waals surface area contributed by atoms with Crippen molar-refractivity contribution in [1.82, 2.24) is 9.88 Å². The number of fused-ring (bicyclic) bond motifs is 2. The standard InChI is InChI=1S/C21H22N4O5S/c1-3-30-20(29)17-12(2)22-21(31-17)23-16(26)11-25-14-8-5-4-7-13(14)18(27)24-10-6-9-15(24)19(25)28/h4-5,7-8,15H,3,6,9-11H2,1-2H3,(H,22,23,26)/t15-/m0/s1. The van der Waals surface area contributed by atoms with Crippen LogP contribution in [-0.2, 0) is 14.3 Å². The molecule has 0 saturated carbocycles. The minimum absolute atomic E-state index is 0.191. The summed E-state index contributed by atoms with van der Waals surface area (Å²) < 4.78 is 5.00. The predicted octanol–water partition coefficient (Wildman–Crippen LogP) is 2.22. The molecule has 2 aliphatic rings. The number of aromatic nitrogens is 1. The highest BCUT2D eigenvalue weighted by atomic mass is 32.1. The Morgan fingerprint density at radius 3 is 2.84 bits per heavy atom. The second kappa shape index (κ2) is 8.46. The number of esters is 1. The number of anilines is 2. The number of nitrogens with one attached hydrogen (secondary N) is 1. The minimum atomic E-state index is -0.565. The third kappa shape index (κ3) is 3.90. The summed E-state index contributed by atoms with van der Waals surface area (Å²) in [5.74, 6) is -1.42. The van der Waals surface area contributed by atoms with E-state index in [2.05, 4.69) is 10.3 Å². The number of amides is 3. The molecule has 0 unspecified atom stereocenters. The largest absolute Gasteiger partial charge is 0.462 e. The van der Waals surface area contributed by atoms with Gasteiger partial charge in [-0.15, -0.1) is 0 Å². The number of para-hydroxylation sites is 1. The van der Waals surface area contributed by atoms with Gasteiger partial charge in [0.05, 0.1) is 23.6 Å². The predicted molar refractivity (Wildman–Crippen MR) is 114 cm³/mol. The van der Waals surface area contributed by atoms with Gasteiger partial charge in [0, 0.05) is 6.54 Å². The minimum Gasteiger partial charge on any atom is -0.462 e. The van der Waals surface area contributed by atoms with Crippen LogP contribution in [0.5, 0.6) is 0 Å². The zero-order chi connectivity index (χ0) is 22.1. The maximum absolute atomic E-state index is 13.2. The molecule has 3 heterocycles. The molecule has 0 aliphatic carbocycles. The van der Waals surface area contributed by atoms with Gasteiger partial charge in [-0.1, -0.05) is 23.5 Å². The Labute approximate surface area is 183 Å². The molecule has 31 heavy (non-hydrogen) atoms. The van der Waals surface area contributed by atoms with Gasteiger partial charge in [-0.3, -0.25) is 14.4 Å². The van der Waals surface area contributed by atoms with Crippen LogP contribution in [0.2, 0.25) is 0 Å². The summed E-state index contributed by atoms with van der Waals surface area (Å²) in [7, 11) is 0. The van der Waals surface area contributed by atoms with E-state index in [0.29, 0.717) is 34.8 Å². The number of aryl methyl sites for hydroxylation is 1. The Kier molecular flexibility index (Phi) is 5.73. The maximum atomic E-state index is 13.2. The van der Waals surface area contributed by atoms with Gasteiger partial charge < -0.3 is 19.9 Å². The normalized spacial score (nSPS) is 17.8. The van der Waals surface area contributed by atoms with Gasteiger partial charge in [-0.2, -0.15) is 0 Å². The molecule has 1 fully saturated rings. The Balaban J connectivity index is 1.57. The molecule has 1 atom stereocenters. The Morgan fingerprint density at radius 1 is 1.29 bits per heavy atom. The Bertz CT molecular complexity index is 1070. The van der Waals surface area contributed by atoms with Gasteiger partial charge in [-0.05, 0) is 38.8 Å². The molecule has 0 spiro atoms. The smallest absolute Gasteiger partial charge is 0.350 e. The van der Waals surface area contributed by atoms with Gasteiger partial charge in [-0.25, -0.2) is 9.78 Å². The van der Waals surface area contributed by atoms with Gasteiger partial charge in [0.2, 0.25) is 11.8 Å². The molecule has 1 saturated heterocycles. The number of thiazole rings is 1. The number of carbonyl (C=O) groups is 4. The van der Waals surface area contributed by atoms with Crippen LogP contribution < -0.4 is 10.2 Å². The lowest BCUT2D eigenvalue weighted by Crippen LogP contribution is -2.47. The second-order valence-corrected chi connectivity index (χ2v) is 8.30. The third-order valence-electron chi connectivity index (χ3n) is 5.30. The summed E-state index contributed by atoms with van der Waals surface area (Å²) in [6.07, 6.45) is 1.32. The van der Waals surface area contributed by atoms with Crippen LogP contribution in [0.4, 0.5) is 10.8 Å². The first kappa shape index (κ1) is 21.0. The molecule has 0 bridgehead atoms. The van der Waals surface area contributed by atoms with Crippen molar-refractivity contribution in [2.24, 2.45) is 0 Å². The first-order valence-corrected chi connectivity index (χ1v) is 10.9. The summed E-state index contributed by atoms with van der Waals surface area (Å²) in [6, 6.07) is 6.26.